The topological polar surface area (TPSA) is 54.1 Å². The van der Waals surface area contributed by atoms with E-state index >= 15 is 0 Å². The number of nitrogens with one attached hydrogen (secondary N) is 2. The largest absolute Gasteiger partial charge is 0.449 e. The maximum absolute atomic E-state index is 11.2. The van der Waals surface area contributed by atoms with Gasteiger partial charge in [0.05, 0.1) is 12.6 Å². The number of aromatic nitrogens is 1. The molecule has 0 unspecified atom stereocenters. The maximum Gasteiger partial charge on any atom is 0.407 e. The number of halogens is 1. The highest BCUT2D eigenvalue weighted by molar-refractivity contribution is 5.85. The molecule has 1 fully saturated rings. The van der Waals surface area contributed by atoms with Crippen LogP contribution in [0.3, 0.4) is 0 Å². The van der Waals surface area contributed by atoms with E-state index in [1.165, 1.54) is 0 Å². The van der Waals surface area contributed by atoms with Gasteiger partial charge in [0.25, 0.3) is 0 Å². The van der Waals surface area contributed by atoms with Crippen LogP contribution in [0.2, 0.25) is 0 Å². The number of fused-ring (bicyclic) bond motifs is 1. The summed E-state index contributed by atoms with van der Waals surface area (Å²) in [6.45, 7) is 0.483. The highest BCUT2D eigenvalue weighted by Gasteiger charge is 2.22. The molecule has 1 aromatic heterocycles. The number of alkyl carbamates (subject to hydrolysis) is 1. The smallest absolute Gasteiger partial charge is 0.407 e. The summed E-state index contributed by atoms with van der Waals surface area (Å²) < 4.78 is 4.87. The average Bonchev–Trinajstić information content (AvgIpc) is 2.76. The Balaban J connectivity index is 0.00000108. The van der Waals surface area contributed by atoms with Gasteiger partial charge in [-0.15, -0.1) is 12.4 Å². The molecule has 0 saturated carbocycles. The molecule has 5 heteroatoms. The highest BCUT2D eigenvalue weighted by atomic mass is 35.5. The van der Waals surface area contributed by atoms with Gasteiger partial charge in [-0.05, 0) is 17.7 Å². The van der Waals surface area contributed by atoms with Crippen molar-refractivity contribution in [1.29, 1.82) is 0 Å². The number of hydrogen-bond donors (Lipinski definition) is 2. The summed E-state index contributed by atoms with van der Waals surface area (Å²) in [4.78, 5) is 14.3. The fraction of sp³-hybridized carbons (Fsp3) is 0.250. The van der Waals surface area contributed by atoms with Crippen molar-refractivity contribution in [2.24, 2.45) is 0 Å². The van der Waals surface area contributed by atoms with E-state index in [2.05, 4.69) is 10.3 Å². The van der Waals surface area contributed by atoms with Crippen LogP contribution in [0.25, 0.3) is 10.9 Å². The number of carbonyl (C=O) groups excluding carboxylic acids is 1. The predicted molar refractivity (Wildman–Crippen MR) is 67.4 cm³/mol. The second-order valence-corrected chi connectivity index (χ2v) is 3.91. The summed E-state index contributed by atoms with van der Waals surface area (Å²) in [5, 5.41) is 4.00. The minimum atomic E-state index is -0.330. The van der Waals surface area contributed by atoms with Crippen molar-refractivity contribution in [1.82, 2.24) is 10.3 Å². The van der Waals surface area contributed by atoms with E-state index in [1.54, 1.807) is 0 Å². The molecule has 1 aromatic carbocycles. The molecule has 90 valence electrons. The summed E-state index contributed by atoms with van der Waals surface area (Å²) in [7, 11) is 0. The number of hydrogen-bond acceptors (Lipinski definition) is 2. The van der Waals surface area contributed by atoms with Gasteiger partial charge in [0, 0.05) is 23.5 Å². The monoisotopic (exact) mass is 252 g/mol. The van der Waals surface area contributed by atoms with E-state index in [0.29, 0.717) is 6.61 Å². The zero-order valence-electron chi connectivity index (χ0n) is 9.10. The number of aromatic amines is 1. The molecule has 4 nitrogen and oxygen atoms in total. The van der Waals surface area contributed by atoms with Crippen LogP contribution in [0.15, 0.2) is 30.5 Å². The van der Waals surface area contributed by atoms with Crippen molar-refractivity contribution in [3.63, 3.8) is 0 Å². The van der Waals surface area contributed by atoms with Crippen molar-refractivity contribution in [3.8, 4) is 0 Å². The number of rotatable bonds is 1. The fourth-order valence-corrected chi connectivity index (χ4v) is 2.17. The highest BCUT2D eigenvalue weighted by Crippen LogP contribution is 2.27. The summed E-state index contributed by atoms with van der Waals surface area (Å²) in [5.74, 6) is 0. The SMILES string of the molecule is Cl.O=C1N[C@H](c2cccc3[nH]ccc23)CCO1. The molecule has 1 amide bonds. The number of ether oxygens (including phenoxy) is 1. The molecular formula is C12H13ClN2O2. The lowest BCUT2D eigenvalue weighted by molar-refractivity contribution is 0.116. The Morgan fingerprint density at radius 3 is 3.00 bits per heavy atom. The van der Waals surface area contributed by atoms with Crippen LogP contribution in [-0.2, 0) is 4.74 Å². The Kier molecular flexibility index (Phi) is 3.24. The quantitative estimate of drug-likeness (QED) is 0.820. The number of carbonyl (C=O) groups is 1. The van der Waals surface area contributed by atoms with E-state index < -0.39 is 0 Å². The summed E-state index contributed by atoms with van der Waals surface area (Å²) >= 11 is 0. The van der Waals surface area contributed by atoms with Gasteiger partial charge >= 0.3 is 6.09 Å². The molecule has 2 N–H and O–H groups in total. The molecule has 0 radical (unpaired) electrons. The van der Waals surface area contributed by atoms with E-state index in [4.69, 9.17) is 4.74 Å². The lowest BCUT2D eigenvalue weighted by atomic mass is 10.00. The molecular weight excluding hydrogens is 240 g/mol. The summed E-state index contributed by atoms with van der Waals surface area (Å²) in [5.41, 5.74) is 2.24. The second-order valence-electron chi connectivity index (χ2n) is 3.91. The molecule has 0 aliphatic carbocycles. The van der Waals surface area contributed by atoms with E-state index in [1.807, 2.05) is 30.5 Å². The standard InChI is InChI=1S/C12H12N2O2.ClH/c15-12-14-11(5-7-16-12)8-2-1-3-10-9(8)4-6-13-10;/h1-4,6,11,13H,5,7H2,(H,14,15);1H/t11-;/m0./s1. The van der Waals surface area contributed by atoms with Crippen LogP contribution in [0.4, 0.5) is 4.79 Å². The van der Waals surface area contributed by atoms with Crippen molar-refractivity contribution >= 4 is 29.4 Å². The number of H-pyrrole nitrogens is 1. The lowest BCUT2D eigenvalue weighted by Gasteiger charge is -2.24. The van der Waals surface area contributed by atoms with Gasteiger partial charge in [0.1, 0.15) is 0 Å². The first-order valence-electron chi connectivity index (χ1n) is 5.34. The summed E-state index contributed by atoms with van der Waals surface area (Å²) in [6.07, 6.45) is 2.40. The van der Waals surface area contributed by atoms with Gasteiger partial charge < -0.3 is 15.0 Å². The Labute approximate surface area is 105 Å². The molecule has 1 saturated heterocycles. The first-order valence-corrected chi connectivity index (χ1v) is 5.34. The molecule has 1 aliphatic heterocycles. The van der Waals surface area contributed by atoms with Crippen LogP contribution in [0, 0.1) is 0 Å². The van der Waals surface area contributed by atoms with Gasteiger partial charge in [-0.1, -0.05) is 12.1 Å². The molecule has 2 aromatic rings. The van der Waals surface area contributed by atoms with Gasteiger partial charge in [0.15, 0.2) is 0 Å². The zero-order chi connectivity index (χ0) is 11.0. The maximum atomic E-state index is 11.2. The molecule has 17 heavy (non-hydrogen) atoms. The normalized spacial score (nSPS) is 19.3. The van der Waals surface area contributed by atoms with Crippen molar-refractivity contribution in [3.05, 3.63) is 36.0 Å². The zero-order valence-corrected chi connectivity index (χ0v) is 9.92. The van der Waals surface area contributed by atoms with Crippen LogP contribution >= 0.6 is 12.4 Å². The van der Waals surface area contributed by atoms with Crippen LogP contribution < -0.4 is 5.32 Å². The molecule has 3 rings (SSSR count). The molecule has 1 atom stereocenters. The van der Waals surface area contributed by atoms with Gasteiger partial charge in [-0.3, -0.25) is 0 Å². The van der Waals surface area contributed by atoms with Crippen LogP contribution in [-0.4, -0.2) is 17.7 Å². The first kappa shape index (κ1) is 11.8. The number of benzene rings is 1. The van der Waals surface area contributed by atoms with Gasteiger partial charge in [-0.25, -0.2) is 4.79 Å². The Hall–Kier alpha value is -1.68. The molecule has 0 spiro atoms. The molecule has 2 heterocycles. The van der Waals surface area contributed by atoms with Crippen LogP contribution in [0.5, 0.6) is 0 Å². The molecule has 0 bridgehead atoms. The third-order valence-electron chi connectivity index (χ3n) is 2.94. The predicted octanol–water partition coefficient (Wildman–Crippen LogP) is 2.76. The Morgan fingerprint density at radius 1 is 1.29 bits per heavy atom. The number of amides is 1. The minimum Gasteiger partial charge on any atom is -0.449 e. The second kappa shape index (κ2) is 4.67. The Bertz CT molecular complexity index is 538. The van der Waals surface area contributed by atoms with Crippen molar-refractivity contribution in [2.75, 3.05) is 6.61 Å². The Morgan fingerprint density at radius 2 is 2.18 bits per heavy atom. The minimum absolute atomic E-state index is 0. The first-order chi connectivity index (χ1) is 7.84. The number of cyclic esters (lactones) is 1. The van der Waals surface area contributed by atoms with Crippen molar-refractivity contribution in [2.45, 2.75) is 12.5 Å². The van der Waals surface area contributed by atoms with Gasteiger partial charge in [0.2, 0.25) is 0 Å². The van der Waals surface area contributed by atoms with Gasteiger partial charge in [-0.2, -0.15) is 0 Å². The lowest BCUT2D eigenvalue weighted by Crippen LogP contribution is -2.35. The third kappa shape index (κ3) is 2.08. The summed E-state index contributed by atoms with van der Waals surface area (Å²) in [6, 6.07) is 8.16. The fourth-order valence-electron chi connectivity index (χ4n) is 2.17. The average molecular weight is 253 g/mol. The molecule has 1 aliphatic rings. The van der Waals surface area contributed by atoms with E-state index in [9.17, 15) is 4.79 Å². The van der Waals surface area contributed by atoms with Crippen LogP contribution in [0.1, 0.15) is 18.0 Å². The van der Waals surface area contributed by atoms with E-state index in [-0.39, 0.29) is 24.5 Å². The van der Waals surface area contributed by atoms with E-state index in [0.717, 1.165) is 22.9 Å². The van der Waals surface area contributed by atoms with Crippen molar-refractivity contribution < 1.29 is 9.53 Å². The third-order valence-corrected chi connectivity index (χ3v) is 2.94.